The Morgan fingerprint density at radius 1 is 1.62 bits per heavy atom. The largest absolute Gasteiger partial charge is 0.480 e. The molecule has 0 saturated carbocycles. The van der Waals surface area contributed by atoms with Crippen LogP contribution in [0.15, 0.2) is 5.11 Å². The number of azide groups is 1. The van der Waals surface area contributed by atoms with Gasteiger partial charge in [-0.25, -0.2) is 0 Å². The van der Waals surface area contributed by atoms with Crippen molar-refractivity contribution in [1.29, 1.82) is 0 Å². The highest BCUT2D eigenvalue weighted by atomic mass is 32.2. The van der Waals surface area contributed by atoms with Crippen molar-refractivity contribution >= 4 is 16.1 Å². The zero-order chi connectivity index (χ0) is 10.5. The van der Waals surface area contributed by atoms with Crippen molar-refractivity contribution in [2.24, 2.45) is 5.11 Å². The Bertz CT molecular complexity index is 330. The van der Waals surface area contributed by atoms with Crippen LogP contribution in [0.5, 0.6) is 0 Å². The molecule has 0 bridgehead atoms. The summed E-state index contributed by atoms with van der Waals surface area (Å²) in [6.45, 7) is -0.298. The molecule has 0 radical (unpaired) electrons. The molecule has 0 fully saturated rings. The number of aliphatic carboxylic acids is 1. The number of rotatable bonds is 5. The minimum Gasteiger partial charge on any atom is -0.480 e. The van der Waals surface area contributed by atoms with Gasteiger partial charge in [0.2, 0.25) is 0 Å². The molecule has 2 N–H and O–H groups in total. The third-order valence-corrected chi connectivity index (χ3v) is 2.35. The van der Waals surface area contributed by atoms with E-state index in [1.807, 2.05) is 0 Å². The predicted octanol–water partition coefficient (Wildman–Crippen LogP) is 0.0278. The highest BCUT2D eigenvalue weighted by molar-refractivity contribution is 7.87. The fourth-order valence-electron chi connectivity index (χ4n) is 0.620. The van der Waals surface area contributed by atoms with Crippen LogP contribution in [0.25, 0.3) is 10.4 Å². The fourth-order valence-corrected chi connectivity index (χ4v) is 1.28. The van der Waals surface area contributed by atoms with Crippen LogP contribution in [0, 0.1) is 0 Å². The highest BCUT2D eigenvalue weighted by Gasteiger charge is 2.29. The Kier molecular flexibility index (Phi) is 4.18. The van der Waals surface area contributed by atoms with Crippen molar-refractivity contribution < 1.29 is 22.9 Å². The molecule has 0 spiro atoms. The highest BCUT2D eigenvalue weighted by Crippen LogP contribution is 2.04. The van der Waals surface area contributed by atoms with E-state index in [2.05, 4.69) is 10.0 Å². The second kappa shape index (κ2) is 4.65. The second-order valence-corrected chi connectivity index (χ2v) is 3.68. The van der Waals surface area contributed by atoms with E-state index in [9.17, 15) is 13.2 Å². The minimum atomic E-state index is -4.63. The Morgan fingerprint density at radius 3 is 2.46 bits per heavy atom. The minimum absolute atomic E-state index is 0.298. The Morgan fingerprint density at radius 2 is 2.15 bits per heavy atom. The first-order valence-corrected chi connectivity index (χ1v) is 4.60. The van der Waals surface area contributed by atoms with Gasteiger partial charge >= 0.3 is 5.97 Å². The number of nitrogens with zero attached hydrogens (tertiary/aromatic N) is 3. The van der Waals surface area contributed by atoms with Crippen molar-refractivity contribution in [3.8, 4) is 0 Å². The zero-order valence-electron chi connectivity index (χ0n) is 6.36. The smallest absolute Gasteiger partial charge is 0.324 e. The number of carboxylic acid groups (broad SMARTS) is 1. The predicted molar refractivity (Wildman–Crippen MR) is 41.6 cm³/mol. The molecule has 8 nitrogen and oxygen atoms in total. The van der Waals surface area contributed by atoms with E-state index in [-0.39, 0.29) is 6.54 Å². The van der Waals surface area contributed by atoms with E-state index in [0.29, 0.717) is 0 Å². The van der Waals surface area contributed by atoms with Crippen molar-refractivity contribution in [3.05, 3.63) is 10.4 Å². The van der Waals surface area contributed by atoms with Gasteiger partial charge in [0.1, 0.15) is 0 Å². The van der Waals surface area contributed by atoms with E-state index in [1.54, 1.807) is 0 Å². The average Bonchev–Trinajstić information content (AvgIpc) is 1.94. The maximum atomic E-state index is 10.4. The van der Waals surface area contributed by atoms with E-state index in [1.165, 1.54) is 0 Å². The first kappa shape index (κ1) is 11.7. The third-order valence-electron chi connectivity index (χ3n) is 1.19. The molecule has 0 aliphatic carbocycles. The summed E-state index contributed by atoms with van der Waals surface area (Å²) in [5.74, 6) is -1.67. The summed E-state index contributed by atoms with van der Waals surface area (Å²) < 4.78 is 29.2. The lowest BCUT2D eigenvalue weighted by Crippen LogP contribution is -2.30. The molecule has 0 aliphatic heterocycles. The lowest BCUT2D eigenvalue weighted by molar-refractivity contribution is -0.136. The van der Waals surface area contributed by atoms with Gasteiger partial charge < -0.3 is 5.11 Å². The van der Waals surface area contributed by atoms with Crippen LogP contribution in [0.4, 0.5) is 0 Å². The van der Waals surface area contributed by atoms with Crippen LogP contribution in [-0.2, 0) is 14.9 Å². The van der Waals surface area contributed by atoms with Gasteiger partial charge in [-0.05, 0) is 12.0 Å². The van der Waals surface area contributed by atoms with Crippen molar-refractivity contribution in [2.75, 3.05) is 6.54 Å². The summed E-state index contributed by atoms with van der Waals surface area (Å²) in [5.41, 5.74) is 7.82. The molecule has 0 aromatic heterocycles. The van der Waals surface area contributed by atoms with Crippen LogP contribution >= 0.6 is 0 Å². The van der Waals surface area contributed by atoms with Crippen LogP contribution in [-0.4, -0.2) is 35.8 Å². The Balaban J connectivity index is 4.47. The molecule has 13 heavy (non-hydrogen) atoms. The molecule has 0 saturated heterocycles. The third kappa shape index (κ3) is 4.31. The molecule has 0 heterocycles. The molecule has 0 aromatic carbocycles. The van der Waals surface area contributed by atoms with Gasteiger partial charge in [-0.3, -0.25) is 9.35 Å². The molecule has 0 rings (SSSR count). The first-order chi connectivity index (χ1) is 5.89. The quantitative estimate of drug-likeness (QED) is 0.284. The van der Waals surface area contributed by atoms with Gasteiger partial charge in [0.25, 0.3) is 10.1 Å². The lowest BCUT2D eigenvalue weighted by atomic mass is 10.3. The molecule has 0 aromatic rings. The Labute approximate surface area is 73.6 Å². The topological polar surface area (TPSA) is 140 Å². The van der Waals surface area contributed by atoms with Gasteiger partial charge in [-0.2, -0.15) is 8.42 Å². The van der Waals surface area contributed by atoms with Crippen LogP contribution in [0.1, 0.15) is 6.42 Å². The molecule has 74 valence electrons. The number of carbonyl (C=O) groups is 1. The standard InChI is InChI=1S/C4H7N3O5S/c5-7-6-2-1-3(4(8)9)13(10,11)12/h3H,1-2H2,(H,8,9)(H,10,11,12). The normalized spacial score (nSPS) is 13.0. The summed E-state index contributed by atoms with van der Waals surface area (Å²) in [6.07, 6.45) is -0.446. The van der Waals surface area contributed by atoms with Gasteiger partial charge in [0, 0.05) is 11.5 Å². The first-order valence-electron chi connectivity index (χ1n) is 3.09. The summed E-state index contributed by atoms with van der Waals surface area (Å²) in [4.78, 5) is 12.6. The molecular weight excluding hydrogens is 202 g/mol. The van der Waals surface area contributed by atoms with Crippen LogP contribution in [0.3, 0.4) is 0 Å². The van der Waals surface area contributed by atoms with Crippen molar-refractivity contribution in [1.82, 2.24) is 0 Å². The van der Waals surface area contributed by atoms with Gasteiger partial charge in [-0.1, -0.05) is 5.11 Å². The van der Waals surface area contributed by atoms with Crippen molar-refractivity contribution in [3.63, 3.8) is 0 Å². The van der Waals surface area contributed by atoms with Crippen LogP contribution in [0.2, 0.25) is 0 Å². The summed E-state index contributed by atoms with van der Waals surface area (Å²) >= 11 is 0. The van der Waals surface area contributed by atoms with E-state index in [4.69, 9.17) is 15.2 Å². The molecular formula is C4H7N3O5S. The lowest BCUT2D eigenvalue weighted by Gasteiger charge is -2.05. The second-order valence-electron chi connectivity index (χ2n) is 2.08. The van der Waals surface area contributed by atoms with E-state index >= 15 is 0 Å². The molecule has 0 aliphatic rings. The zero-order valence-corrected chi connectivity index (χ0v) is 7.18. The fraction of sp³-hybridized carbons (Fsp3) is 0.750. The van der Waals surface area contributed by atoms with Crippen molar-refractivity contribution in [2.45, 2.75) is 11.7 Å². The molecule has 1 atom stereocenters. The van der Waals surface area contributed by atoms with Gasteiger partial charge in [0.15, 0.2) is 5.25 Å². The van der Waals surface area contributed by atoms with Gasteiger partial charge in [0.05, 0.1) is 0 Å². The van der Waals surface area contributed by atoms with E-state index in [0.717, 1.165) is 0 Å². The summed E-state index contributed by atoms with van der Waals surface area (Å²) in [5, 5.41) is 9.35. The number of hydrogen-bond acceptors (Lipinski definition) is 4. The average molecular weight is 209 g/mol. The van der Waals surface area contributed by atoms with Gasteiger partial charge in [-0.15, -0.1) is 0 Å². The SMILES string of the molecule is [N-]=[N+]=NCCC(C(=O)O)S(=O)(=O)O. The molecule has 9 heteroatoms. The van der Waals surface area contributed by atoms with Crippen LogP contribution < -0.4 is 0 Å². The maximum Gasteiger partial charge on any atom is 0.324 e. The maximum absolute atomic E-state index is 10.4. The van der Waals surface area contributed by atoms with E-state index < -0.39 is 27.8 Å². The monoisotopic (exact) mass is 209 g/mol. The summed E-state index contributed by atoms with van der Waals surface area (Å²) in [6, 6.07) is 0. The number of hydrogen-bond donors (Lipinski definition) is 2. The molecule has 0 amide bonds. The Hall–Kier alpha value is -1.31. The summed E-state index contributed by atoms with van der Waals surface area (Å²) in [7, 11) is -4.63. The molecule has 1 unspecified atom stereocenters. The number of carboxylic acids is 1.